The van der Waals surface area contributed by atoms with Crippen molar-refractivity contribution < 1.29 is 5.21 Å². The molecule has 0 spiro atoms. The Balaban J connectivity index is 1.80. The number of nitrogens with one attached hydrogen (secondary N) is 2. The molecule has 0 saturated carbocycles. The summed E-state index contributed by atoms with van der Waals surface area (Å²) in [7, 11) is 0. The van der Waals surface area contributed by atoms with E-state index >= 15 is 0 Å². The summed E-state index contributed by atoms with van der Waals surface area (Å²) in [5.41, 5.74) is 8.79. The first-order chi connectivity index (χ1) is 12.7. The van der Waals surface area contributed by atoms with E-state index in [4.69, 9.17) is 10.6 Å². The fourth-order valence-corrected chi connectivity index (χ4v) is 3.16. The summed E-state index contributed by atoms with van der Waals surface area (Å²) >= 11 is 0. The van der Waals surface area contributed by atoms with Crippen molar-refractivity contribution in [3.63, 3.8) is 0 Å². The molecule has 3 N–H and O–H groups in total. The molecule has 0 aliphatic carbocycles. The van der Waals surface area contributed by atoms with E-state index in [1.165, 1.54) is 11.1 Å². The van der Waals surface area contributed by atoms with Crippen LogP contribution in [0.3, 0.4) is 0 Å². The van der Waals surface area contributed by atoms with Crippen molar-refractivity contribution in [3.8, 4) is 16.8 Å². The molecule has 26 heavy (non-hydrogen) atoms. The quantitative estimate of drug-likeness (QED) is 0.295. The molecule has 0 radical (unpaired) electrons. The maximum absolute atomic E-state index is 8.90. The van der Waals surface area contributed by atoms with Crippen molar-refractivity contribution >= 4 is 16.9 Å². The minimum absolute atomic E-state index is 0.0528. The minimum Gasteiger partial charge on any atom is -0.299 e. The number of benzene rings is 3. The third-order valence-corrected chi connectivity index (χ3v) is 4.53. The lowest BCUT2D eigenvalue weighted by Gasteiger charge is -2.10. The molecule has 0 amide bonds. The fraction of sp³-hybridized carbons (Fsp3) is 0.0476. The van der Waals surface area contributed by atoms with E-state index in [1.54, 1.807) is 18.5 Å². The van der Waals surface area contributed by atoms with E-state index < -0.39 is 0 Å². The van der Waals surface area contributed by atoms with Crippen LogP contribution in [0.2, 0.25) is 0 Å². The zero-order valence-electron chi connectivity index (χ0n) is 14.3. The first-order valence-corrected chi connectivity index (χ1v) is 8.30. The van der Waals surface area contributed by atoms with E-state index in [9.17, 15) is 0 Å². The molecule has 5 heteroatoms. The van der Waals surface area contributed by atoms with Crippen molar-refractivity contribution in [1.29, 1.82) is 5.41 Å². The van der Waals surface area contributed by atoms with Gasteiger partial charge in [-0.3, -0.25) is 20.7 Å². The van der Waals surface area contributed by atoms with Gasteiger partial charge in [0.1, 0.15) is 12.2 Å². The van der Waals surface area contributed by atoms with Gasteiger partial charge in [-0.05, 0) is 53.9 Å². The van der Waals surface area contributed by atoms with Gasteiger partial charge in [-0.1, -0.05) is 36.4 Å². The van der Waals surface area contributed by atoms with Crippen molar-refractivity contribution in [2.45, 2.75) is 6.92 Å². The van der Waals surface area contributed by atoms with Crippen LogP contribution in [0, 0.1) is 12.3 Å². The molecule has 0 aliphatic rings. The Morgan fingerprint density at radius 3 is 2.69 bits per heavy atom. The second-order valence-electron chi connectivity index (χ2n) is 6.17. The SMILES string of the molecule is Cc1ccccc1-c1cccc(-n2cnc3cc(C(=N)NO)ccc32)c1. The highest BCUT2D eigenvalue weighted by molar-refractivity contribution is 5.98. The van der Waals surface area contributed by atoms with Crippen LogP contribution in [0.5, 0.6) is 0 Å². The van der Waals surface area contributed by atoms with Crippen molar-refractivity contribution in [3.05, 3.63) is 84.2 Å². The molecule has 4 rings (SSSR count). The summed E-state index contributed by atoms with van der Waals surface area (Å²) in [6.45, 7) is 2.11. The minimum atomic E-state index is -0.0528. The summed E-state index contributed by atoms with van der Waals surface area (Å²) < 4.78 is 2.02. The van der Waals surface area contributed by atoms with E-state index in [1.807, 2.05) is 40.4 Å². The average Bonchev–Trinajstić information content (AvgIpc) is 3.11. The molecule has 0 atom stereocenters. The van der Waals surface area contributed by atoms with Gasteiger partial charge in [-0.25, -0.2) is 4.98 Å². The van der Waals surface area contributed by atoms with Crippen LogP contribution in [-0.2, 0) is 0 Å². The van der Waals surface area contributed by atoms with Crippen LogP contribution in [-0.4, -0.2) is 20.6 Å². The van der Waals surface area contributed by atoms with E-state index in [2.05, 4.69) is 36.2 Å². The largest absolute Gasteiger partial charge is 0.299 e. The molecule has 128 valence electrons. The Bertz CT molecular complexity index is 1110. The molecule has 0 unspecified atom stereocenters. The average molecular weight is 342 g/mol. The normalized spacial score (nSPS) is 10.8. The van der Waals surface area contributed by atoms with Crippen LogP contribution in [0.15, 0.2) is 73.1 Å². The van der Waals surface area contributed by atoms with Crippen molar-refractivity contribution in [1.82, 2.24) is 15.0 Å². The van der Waals surface area contributed by atoms with Gasteiger partial charge in [-0.2, -0.15) is 0 Å². The van der Waals surface area contributed by atoms with Crippen molar-refractivity contribution in [2.24, 2.45) is 0 Å². The van der Waals surface area contributed by atoms with Crippen LogP contribution in [0.4, 0.5) is 0 Å². The van der Waals surface area contributed by atoms with Crippen LogP contribution >= 0.6 is 0 Å². The zero-order chi connectivity index (χ0) is 18.1. The molecule has 4 aromatic rings. The number of hydrogen-bond donors (Lipinski definition) is 3. The second kappa shape index (κ2) is 6.46. The smallest absolute Gasteiger partial charge is 0.149 e. The summed E-state index contributed by atoms with van der Waals surface area (Å²) in [5.74, 6) is -0.0528. The monoisotopic (exact) mass is 342 g/mol. The fourth-order valence-electron chi connectivity index (χ4n) is 3.16. The molecule has 0 saturated heterocycles. The standard InChI is InChI=1S/C21H18N4O/c1-14-5-2-3-8-18(14)15-6-4-7-17(11-15)25-13-23-19-12-16(21(22)24-26)9-10-20(19)25/h2-13,26H,1H3,(H2,22,24). The van der Waals surface area contributed by atoms with Gasteiger partial charge in [0.25, 0.3) is 0 Å². The van der Waals surface area contributed by atoms with Gasteiger partial charge >= 0.3 is 0 Å². The van der Waals surface area contributed by atoms with Crippen LogP contribution in [0.25, 0.3) is 27.8 Å². The number of nitrogens with zero attached hydrogens (tertiary/aromatic N) is 2. The number of fused-ring (bicyclic) bond motifs is 1. The van der Waals surface area contributed by atoms with Gasteiger partial charge in [0, 0.05) is 11.3 Å². The van der Waals surface area contributed by atoms with Crippen molar-refractivity contribution in [2.75, 3.05) is 0 Å². The van der Waals surface area contributed by atoms with E-state index in [-0.39, 0.29) is 5.84 Å². The number of hydroxylamine groups is 1. The lowest BCUT2D eigenvalue weighted by Crippen LogP contribution is -2.18. The van der Waals surface area contributed by atoms with Crippen LogP contribution < -0.4 is 5.48 Å². The Labute approximate surface area is 151 Å². The molecular weight excluding hydrogens is 324 g/mol. The molecular formula is C21H18N4O. The third kappa shape index (κ3) is 2.74. The second-order valence-corrected chi connectivity index (χ2v) is 6.17. The Morgan fingerprint density at radius 1 is 1.04 bits per heavy atom. The Morgan fingerprint density at radius 2 is 1.88 bits per heavy atom. The van der Waals surface area contributed by atoms with E-state index in [0.29, 0.717) is 5.56 Å². The number of rotatable bonds is 3. The number of aromatic nitrogens is 2. The number of hydrogen-bond acceptors (Lipinski definition) is 3. The molecule has 0 aliphatic heterocycles. The molecule has 0 fully saturated rings. The third-order valence-electron chi connectivity index (χ3n) is 4.53. The topological polar surface area (TPSA) is 73.9 Å². The van der Waals surface area contributed by atoms with Gasteiger partial charge in [0.15, 0.2) is 0 Å². The predicted octanol–water partition coefficient (Wildman–Crippen LogP) is 4.31. The molecule has 5 nitrogen and oxygen atoms in total. The van der Waals surface area contributed by atoms with Crippen LogP contribution in [0.1, 0.15) is 11.1 Å². The first kappa shape index (κ1) is 16.1. The predicted molar refractivity (Wildman–Crippen MR) is 103 cm³/mol. The molecule has 1 aromatic heterocycles. The summed E-state index contributed by atoms with van der Waals surface area (Å²) in [6.07, 6.45) is 1.78. The van der Waals surface area contributed by atoms with Gasteiger partial charge in [-0.15, -0.1) is 0 Å². The van der Waals surface area contributed by atoms with Gasteiger partial charge < -0.3 is 0 Å². The molecule has 0 bridgehead atoms. The van der Waals surface area contributed by atoms with Gasteiger partial charge in [0.2, 0.25) is 0 Å². The molecule has 1 heterocycles. The highest BCUT2D eigenvalue weighted by Gasteiger charge is 2.09. The molecule has 3 aromatic carbocycles. The highest BCUT2D eigenvalue weighted by Crippen LogP contribution is 2.27. The van der Waals surface area contributed by atoms with E-state index in [0.717, 1.165) is 22.3 Å². The Hall–Kier alpha value is -3.44. The summed E-state index contributed by atoms with van der Waals surface area (Å²) in [6, 6.07) is 22.2. The number of imidazole rings is 1. The number of aryl methyl sites for hydroxylation is 1. The maximum Gasteiger partial charge on any atom is 0.149 e. The Kier molecular flexibility index (Phi) is 3.99. The lowest BCUT2D eigenvalue weighted by molar-refractivity contribution is 0.234. The first-order valence-electron chi connectivity index (χ1n) is 8.30. The summed E-state index contributed by atoms with van der Waals surface area (Å²) in [4.78, 5) is 4.45. The highest BCUT2D eigenvalue weighted by atomic mass is 16.5. The lowest BCUT2D eigenvalue weighted by atomic mass is 10.0. The maximum atomic E-state index is 8.90. The summed E-state index contributed by atoms with van der Waals surface area (Å²) in [5, 5.41) is 16.6. The van der Waals surface area contributed by atoms with Gasteiger partial charge in [0.05, 0.1) is 11.0 Å². The number of amidine groups is 1. The zero-order valence-corrected chi connectivity index (χ0v) is 14.3.